The highest BCUT2D eigenvalue weighted by molar-refractivity contribution is 7.47. The Bertz CT molecular complexity index is 1260. The molecule has 1 heterocycles. The van der Waals surface area contributed by atoms with Gasteiger partial charge in [0.25, 0.3) is 0 Å². The topological polar surface area (TPSA) is 184 Å². The normalized spacial score (nSPS) is 17.9. The van der Waals surface area contributed by atoms with Crippen molar-refractivity contribution in [1.29, 1.82) is 0 Å². The lowest BCUT2D eigenvalue weighted by molar-refractivity contribution is -0.161. The molecule has 0 spiro atoms. The first-order chi connectivity index (χ1) is 27.6. The third kappa shape index (κ3) is 32.8. The summed E-state index contributed by atoms with van der Waals surface area (Å²) in [6, 6.07) is -1.53. The van der Waals surface area contributed by atoms with Crippen LogP contribution < -0.4 is 5.73 Å². The molecule has 4 N–H and O–H groups in total. The van der Waals surface area contributed by atoms with E-state index in [9.17, 15) is 23.8 Å². The fourth-order valence-corrected chi connectivity index (χ4v) is 6.49. The predicted octanol–water partition coefficient (Wildman–Crippen LogP) is 10.2. The first kappa shape index (κ1) is 52.2. The summed E-state index contributed by atoms with van der Waals surface area (Å²) in [5, 5.41) is 8.89. The zero-order chi connectivity index (χ0) is 41.8. The lowest BCUT2D eigenvalue weighted by Gasteiger charge is -2.20. The Morgan fingerprint density at radius 2 is 1.21 bits per heavy atom. The van der Waals surface area contributed by atoms with E-state index in [0.29, 0.717) is 25.0 Å². The number of unbranched alkanes of at least 4 members (excludes halogenated alkanes) is 11. The standard InChI is InChI=1S/C44H74NO11P/c1-3-5-7-9-11-12-13-14-15-16-17-18-19-20-21-25-29-33-42(46)52-35-38(36-53-57(50,51)54-37-39(45)44(48)49)55-43(47)34-30-26-22-24-28-32-41-40(56-41)31-27-23-10-8-6-4-2/h5,7,11-12,14-15,17-18,23,27,38-41H,3-4,6,8-10,13,16,19-22,24-26,28-37,45H2,1-2H3,(H,48,49)(H,50,51)/b7-5-,12-11-,15-14-,18-17-,27-23-/t38-,39+,40?,41?/m1/s1. The van der Waals surface area contributed by atoms with Crippen molar-refractivity contribution in [2.45, 2.75) is 179 Å². The zero-order valence-corrected chi connectivity index (χ0v) is 35.7. The molecule has 0 aliphatic carbocycles. The molecule has 0 amide bonds. The minimum absolute atomic E-state index is 0.129. The zero-order valence-electron chi connectivity index (χ0n) is 34.9. The fraction of sp³-hybridized carbons (Fsp3) is 0.705. The van der Waals surface area contributed by atoms with E-state index in [2.05, 4.69) is 79.1 Å². The van der Waals surface area contributed by atoms with Gasteiger partial charge in [0.2, 0.25) is 0 Å². The number of carboxylic acids is 1. The molecule has 0 bridgehead atoms. The molecular weight excluding hydrogens is 749 g/mol. The van der Waals surface area contributed by atoms with Crippen molar-refractivity contribution in [3.8, 4) is 0 Å². The number of nitrogens with two attached hydrogens (primary N) is 1. The smallest absolute Gasteiger partial charge is 0.472 e. The molecule has 57 heavy (non-hydrogen) atoms. The number of hydrogen-bond acceptors (Lipinski definition) is 10. The molecule has 1 saturated heterocycles. The third-order valence-electron chi connectivity index (χ3n) is 9.17. The lowest BCUT2D eigenvalue weighted by atomic mass is 10.1. The number of esters is 2. The second kappa shape index (κ2) is 35.1. The lowest BCUT2D eigenvalue weighted by Crippen LogP contribution is -2.34. The van der Waals surface area contributed by atoms with Gasteiger partial charge in [-0.3, -0.25) is 23.4 Å². The van der Waals surface area contributed by atoms with E-state index in [-0.39, 0.29) is 19.4 Å². The fourth-order valence-electron chi connectivity index (χ4n) is 5.71. The van der Waals surface area contributed by atoms with Crippen LogP contribution in [0, 0.1) is 0 Å². The van der Waals surface area contributed by atoms with Crippen LogP contribution in [0.2, 0.25) is 0 Å². The molecule has 1 aliphatic heterocycles. The highest BCUT2D eigenvalue weighted by Crippen LogP contribution is 2.43. The summed E-state index contributed by atoms with van der Waals surface area (Å²) in [5.41, 5.74) is 5.33. The van der Waals surface area contributed by atoms with Crippen molar-refractivity contribution in [2.24, 2.45) is 5.73 Å². The van der Waals surface area contributed by atoms with Gasteiger partial charge in [0.15, 0.2) is 6.10 Å². The monoisotopic (exact) mass is 823 g/mol. The van der Waals surface area contributed by atoms with Crippen LogP contribution in [0.25, 0.3) is 0 Å². The molecule has 1 fully saturated rings. The molecule has 0 aromatic heterocycles. The summed E-state index contributed by atoms with van der Waals surface area (Å²) >= 11 is 0. The summed E-state index contributed by atoms with van der Waals surface area (Å²) in [6.07, 6.45) is 41.6. The number of hydrogen-bond donors (Lipinski definition) is 3. The van der Waals surface area contributed by atoms with Crippen molar-refractivity contribution >= 4 is 25.7 Å². The number of allylic oxidation sites excluding steroid dienone is 9. The maximum atomic E-state index is 12.6. The first-order valence-electron chi connectivity index (χ1n) is 21.4. The quantitative estimate of drug-likeness (QED) is 0.0176. The summed E-state index contributed by atoms with van der Waals surface area (Å²) in [6.45, 7) is 2.59. The van der Waals surface area contributed by atoms with E-state index in [0.717, 1.165) is 96.3 Å². The molecule has 13 heteroatoms. The van der Waals surface area contributed by atoms with Crippen LogP contribution in [0.15, 0.2) is 60.8 Å². The Morgan fingerprint density at radius 3 is 1.86 bits per heavy atom. The van der Waals surface area contributed by atoms with Gasteiger partial charge in [-0.05, 0) is 77.0 Å². The summed E-state index contributed by atoms with van der Waals surface area (Å²) in [4.78, 5) is 46.0. The minimum Gasteiger partial charge on any atom is -0.480 e. The molecule has 0 aromatic carbocycles. The van der Waals surface area contributed by atoms with Gasteiger partial charge in [0, 0.05) is 12.8 Å². The molecule has 5 atom stereocenters. The molecule has 0 aromatic rings. The van der Waals surface area contributed by atoms with Gasteiger partial charge in [0.05, 0.1) is 25.4 Å². The number of carbonyl (C=O) groups is 3. The molecule has 0 saturated carbocycles. The molecule has 1 aliphatic rings. The van der Waals surface area contributed by atoms with Gasteiger partial charge in [-0.15, -0.1) is 0 Å². The van der Waals surface area contributed by atoms with Gasteiger partial charge in [0.1, 0.15) is 12.6 Å². The van der Waals surface area contributed by atoms with E-state index >= 15 is 0 Å². The summed E-state index contributed by atoms with van der Waals surface area (Å²) in [5.74, 6) is -2.44. The maximum absolute atomic E-state index is 12.6. The van der Waals surface area contributed by atoms with E-state index in [1.807, 2.05) is 0 Å². The Balaban J connectivity index is 2.32. The van der Waals surface area contributed by atoms with Crippen molar-refractivity contribution < 1.29 is 52.2 Å². The Labute approximate surface area is 343 Å². The predicted molar refractivity (Wildman–Crippen MR) is 225 cm³/mol. The number of carbonyl (C=O) groups excluding carboxylic acids is 2. The molecule has 3 unspecified atom stereocenters. The molecule has 1 rings (SSSR count). The van der Waals surface area contributed by atoms with E-state index < -0.39 is 51.1 Å². The number of phosphoric ester groups is 1. The Hall–Kier alpha value is -2.86. The third-order valence-corrected chi connectivity index (χ3v) is 10.1. The maximum Gasteiger partial charge on any atom is 0.472 e. The second-order valence-corrected chi connectivity index (χ2v) is 15.9. The van der Waals surface area contributed by atoms with Gasteiger partial charge >= 0.3 is 25.7 Å². The van der Waals surface area contributed by atoms with Crippen molar-refractivity contribution in [3.63, 3.8) is 0 Å². The van der Waals surface area contributed by atoms with Crippen LogP contribution in [0.3, 0.4) is 0 Å². The summed E-state index contributed by atoms with van der Waals surface area (Å²) in [7, 11) is -4.73. The van der Waals surface area contributed by atoms with E-state index in [4.69, 9.17) is 29.6 Å². The molecule has 326 valence electrons. The van der Waals surface area contributed by atoms with Crippen LogP contribution in [-0.2, 0) is 42.2 Å². The highest BCUT2D eigenvalue weighted by Gasteiger charge is 2.36. The number of rotatable bonds is 38. The van der Waals surface area contributed by atoms with Gasteiger partial charge < -0.3 is 29.9 Å². The van der Waals surface area contributed by atoms with Gasteiger partial charge in [-0.25, -0.2) is 4.57 Å². The van der Waals surface area contributed by atoms with Crippen molar-refractivity contribution in [3.05, 3.63) is 60.8 Å². The van der Waals surface area contributed by atoms with Gasteiger partial charge in [-0.1, -0.05) is 126 Å². The Morgan fingerprint density at radius 1 is 0.667 bits per heavy atom. The van der Waals surface area contributed by atoms with Crippen LogP contribution in [0.5, 0.6) is 0 Å². The van der Waals surface area contributed by atoms with Crippen LogP contribution in [-0.4, -0.2) is 72.1 Å². The molecule has 0 radical (unpaired) electrons. The van der Waals surface area contributed by atoms with Crippen molar-refractivity contribution in [2.75, 3.05) is 19.8 Å². The SMILES string of the molecule is CC/C=C\C/C=C\C/C=C\C/C=C\CCCCCCC(=O)OC[C@H](COP(=O)(O)OC[C@H](N)C(=O)O)OC(=O)CCCCCCCC1OC1C/C=C\CCCCC. The average molecular weight is 824 g/mol. The van der Waals surface area contributed by atoms with Crippen LogP contribution in [0.4, 0.5) is 0 Å². The summed E-state index contributed by atoms with van der Waals surface area (Å²) < 4.78 is 38.5. The minimum atomic E-state index is -4.73. The van der Waals surface area contributed by atoms with Crippen molar-refractivity contribution in [1.82, 2.24) is 0 Å². The number of aliphatic carboxylic acids is 1. The molecule has 12 nitrogen and oxygen atoms in total. The van der Waals surface area contributed by atoms with Crippen LogP contribution >= 0.6 is 7.82 Å². The van der Waals surface area contributed by atoms with Crippen LogP contribution in [0.1, 0.15) is 155 Å². The number of epoxide rings is 1. The second-order valence-electron chi connectivity index (χ2n) is 14.5. The van der Waals surface area contributed by atoms with E-state index in [1.165, 1.54) is 19.3 Å². The number of carboxylic acid groups (broad SMARTS) is 1. The highest BCUT2D eigenvalue weighted by atomic mass is 31.2. The first-order valence-corrected chi connectivity index (χ1v) is 22.9. The van der Waals surface area contributed by atoms with Gasteiger partial charge in [-0.2, -0.15) is 0 Å². The number of ether oxygens (including phenoxy) is 3. The van der Waals surface area contributed by atoms with E-state index in [1.54, 1.807) is 0 Å². The Kier molecular flexibility index (Phi) is 32.1. The average Bonchev–Trinajstić information content (AvgIpc) is 3.94. The number of phosphoric acid groups is 1. The molecular formula is C44H74NO11P. The largest absolute Gasteiger partial charge is 0.480 e.